The highest BCUT2D eigenvalue weighted by molar-refractivity contribution is 7.98. The predicted molar refractivity (Wildman–Crippen MR) is 148 cm³/mol. The zero-order chi connectivity index (χ0) is 26.3. The number of hydrogen-bond donors (Lipinski definition) is 2. The molecule has 1 aliphatic carbocycles. The van der Waals surface area contributed by atoms with Crippen molar-refractivity contribution in [2.75, 3.05) is 19.3 Å². The third kappa shape index (κ3) is 4.98. The fourth-order valence-corrected chi connectivity index (χ4v) is 7.00. The van der Waals surface area contributed by atoms with E-state index in [4.69, 9.17) is 0 Å². The molecule has 5 rings (SSSR count). The highest BCUT2D eigenvalue weighted by Gasteiger charge is 2.37. The van der Waals surface area contributed by atoms with E-state index >= 15 is 0 Å². The van der Waals surface area contributed by atoms with Crippen LogP contribution in [0.15, 0.2) is 40.0 Å². The lowest BCUT2D eigenvalue weighted by Crippen LogP contribution is -2.49. The molecule has 2 aliphatic rings. The van der Waals surface area contributed by atoms with Gasteiger partial charge >= 0.3 is 0 Å². The van der Waals surface area contributed by atoms with Crippen LogP contribution in [0.1, 0.15) is 66.0 Å². The first kappa shape index (κ1) is 26.0. The summed E-state index contributed by atoms with van der Waals surface area (Å²) in [5.41, 5.74) is 3.93. The molecule has 2 N–H and O–H groups in total. The predicted octanol–water partition coefficient (Wildman–Crippen LogP) is 5.37. The third-order valence-electron chi connectivity index (χ3n) is 8.49. The van der Waals surface area contributed by atoms with E-state index in [2.05, 4.69) is 32.8 Å². The number of nitrogens with zero attached hydrogens (tertiary/aromatic N) is 2. The van der Waals surface area contributed by atoms with Crippen molar-refractivity contribution in [1.82, 2.24) is 19.8 Å². The lowest BCUT2D eigenvalue weighted by atomic mass is 9.84. The summed E-state index contributed by atoms with van der Waals surface area (Å²) in [7, 11) is 0. The lowest BCUT2D eigenvalue weighted by Gasteiger charge is -2.44. The van der Waals surface area contributed by atoms with Crippen LogP contribution in [-0.4, -0.2) is 51.9 Å². The van der Waals surface area contributed by atoms with Gasteiger partial charge in [0, 0.05) is 51.4 Å². The van der Waals surface area contributed by atoms with Gasteiger partial charge in [-0.2, -0.15) is 0 Å². The summed E-state index contributed by atoms with van der Waals surface area (Å²) in [6.07, 6.45) is 4.86. The maximum Gasteiger partial charge on any atom is 0.254 e. The van der Waals surface area contributed by atoms with Crippen LogP contribution in [0.5, 0.6) is 0 Å². The standard InChI is InChI=1S/C29H37FN4O2S/c1-17-13-26(37-4)24(28(35)32-17)16-31-29(36)27-19(3)34(25-8-6-5-7-23(25)27)18(2)20-9-11-33(12-10-20)22-14-21(30)15-22/h5-8,13,18,20-22H,9-12,14-16H2,1-4H3,(H,31,36)(H,32,35)/t18-,21?,22?/m1/s1. The first-order valence-corrected chi connectivity index (χ1v) is 14.5. The molecule has 0 unspecified atom stereocenters. The smallest absolute Gasteiger partial charge is 0.254 e. The minimum Gasteiger partial charge on any atom is -0.348 e. The lowest BCUT2D eigenvalue weighted by molar-refractivity contribution is 0.0256. The van der Waals surface area contributed by atoms with Gasteiger partial charge in [-0.15, -0.1) is 11.8 Å². The molecule has 1 atom stereocenters. The second kappa shape index (κ2) is 10.7. The van der Waals surface area contributed by atoms with E-state index in [9.17, 15) is 14.0 Å². The number of hydrogen-bond acceptors (Lipinski definition) is 4. The van der Waals surface area contributed by atoms with Gasteiger partial charge in [-0.3, -0.25) is 9.59 Å². The van der Waals surface area contributed by atoms with E-state index in [0.29, 0.717) is 35.9 Å². The average Bonchev–Trinajstić information content (AvgIpc) is 3.17. The maximum absolute atomic E-state index is 13.5. The second-order valence-corrected chi connectivity index (χ2v) is 11.5. The topological polar surface area (TPSA) is 70.1 Å². The van der Waals surface area contributed by atoms with Gasteiger partial charge < -0.3 is 19.8 Å². The number of aromatic amines is 1. The van der Waals surface area contributed by atoms with Gasteiger partial charge in [0.15, 0.2) is 0 Å². The Kier molecular flexibility index (Phi) is 7.50. The third-order valence-corrected chi connectivity index (χ3v) is 9.30. The van der Waals surface area contributed by atoms with Crippen LogP contribution in [0, 0.1) is 19.8 Å². The molecule has 1 saturated carbocycles. The molecule has 1 aliphatic heterocycles. The van der Waals surface area contributed by atoms with Crippen molar-refractivity contribution in [3.8, 4) is 0 Å². The van der Waals surface area contributed by atoms with E-state index in [1.165, 1.54) is 11.8 Å². The Morgan fingerprint density at radius 1 is 1.22 bits per heavy atom. The number of rotatable bonds is 7. The Bertz CT molecular complexity index is 1350. The van der Waals surface area contributed by atoms with Crippen molar-refractivity contribution in [2.45, 2.75) is 76.2 Å². The average molecular weight is 525 g/mol. The van der Waals surface area contributed by atoms with Gasteiger partial charge in [-0.25, -0.2) is 4.39 Å². The molecule has 1 aromatic carbocycles. The summed E-state index contributed by atoms with van der Waals surface area (Å²) >= 11 is 1.51. The van der Waals surface area contributed by atoms with Crippen molar-refractivity contribution in [2.24, 2.45) is 5.92 Å². The number of benzene rings is 1. The molecule has 6 nitrogen and oxygen atoms in total. The van der Waals surface area contributed by atoms with Crippen molar-refractivity contribution >= 4 is 28.6 Å². The molecule has 1 amide bonds. The summed E-state index contributed by atoms with van der Waals surface area (Å²) in [5.74, 6) is 0.338. The van der Waals surface area contributed by atoms with Crippen LogP contribution >= 0.6 is 11.8 Å². The molecular formula is C29H37FN4O2S. The molecule has 0 bridgehead atoms. The Balaban J connectivity index is 1.37. The number of halogens is 1. The van der Waals surface area contributed by atoms with Crippen LogP contribution in [0.4, 0.5) is 4.39 Å². The van der Waals surface area contributed by atoms with Gasteiger partial charge in [0.1, 0.15) is 6.17 Å². The van der Waals surface area contributed by atoms with Gasteiger partial charge in [0.25, 0.3) is 11.5 Å². The van der Waals surface area contributed by atoms with E-state index in [0.717, 1.165) is 53.1 Å². The van der Waals surface area contributed by atoms with Crippen LogP contribution in [-0.2, 0) is 6.54 Å². The molecule has 1 saturated heterocycles. The number of piperidine rings is 1. The molecule has 3 aromatic rings. The molecule has 37 heavy (non-hydrogen) atoms. The number of amides is 1. The first-order valence-electron chi connectivity index (χ1n) is 13.3. The normalized spacial score (nSPS) is 21.6. The molecular weight excluding hydrogens is 487 g/mol. The van der Waals surface area contributed by atoms with Crippen molar-refractivity contribution < 1.29 is 9.18 Å². The fourth-order valence-electron chi connectivity index (χ4n) is 6.29. The van der Waals surface area contributed by atoms with Gasteiger partial charge in [0.2, 0.25) is 0 Å². The summed E-state index contributed by atoms with van der Waals surface area (Å²) in [5, 5.41) is 3.96. The number of para-hydroxylation sites is 1. The number of pyridine rings is 1. The number of aromatic nitrogens is 2. The van der Waals surface area contributed by atoms with E-state index in [1.807, 2.05) is 44.4 Å². The largest absolute Gasteiger partial charge is 0.348 e. The summed E-state index contributed by atoms with van der Waals surface area (Å²) < 4.78 is 15.7. The summed E-state index contributed by atoms with van der Waals surface area (Å²) in [4.78, 5) is 32.3. The Hall–Kier alpha value is -2.58. The summed E-state index contributed by atoms with van der Waals surface area (Å²) in [6.45, 7) is 8.36. The number of carbonyl (C=O) groups is 1. The van der Waals surface area contributed by atoms with Gasteiger partial charge in [-0.1, -0.05) is 18.2 Å². The Morgan fingerprint density at radius 2 is 1.92 bits per heavy atom. The monoisotopic (exact) mass is 524 g/mol. The zero-order valence-electron chi connectivity index (χ0n) is 22.1. The van der Waals surface area contributed by atoms with E-state index < -0.39 is 6.17 Å². The van der Waals surface area contributed by atoms with Crippen LogP contribution in [0.2, 0.25) is 0 Å². The quantitative estimate of drug-likeness (QED) is 0.408. The number of likely N-dealkylation sites (tertiary alicyclic amines) is 1. The SMILES string of the molecule is CSc1cc(C)[nH]c(=O)c1CNC(=O)c1c(C)n([C@H](C)C2CCN(C3CC(F)C3)CC2)c2ccccc12. The van der Waals surface area contributed by atoms with Crippen LogP contribution in [0.3, 0.4) is 0 Å². The zero-order valence-corrected chi connectivity index (χ0v) is 23.0. The fraction of sp³-hybridized carbons (Fsp3) is 0.517. The molecule has 3 heterocycles. The van der Waals surface area contributed by atoms with Gasteiger partial charge in [0.05, 0.1) is 5.56 Å². The highest BCUT2D eigenvalue weighted by Crippen LogP contribution is 2.38. The highest BCUT2D eigenvalue weighted by atomic mass is 32.2. The minimum atomic E-state index is -0.614. The van der Waals surface area contributed by atoms with Gasteiger partial charge in [-0.05, 0) is 83.9 Å². The number of H-pyrrole nitrogens is 1. The van der Waals surface area contributed by atoms with Crippen molar-refractivity contribution in [3.05, 3.63) is 63.2 Å². The molecule has 0 radical (unpaired) electrons. The van der Waals surface area contributed by atoms with E-state index in [1.54, 1.807) is 0 Å². The van der Waals surface area contributed by atoms with Crippen molar-refractivity contribution in [1.29, 1.82) is 0 Å². The van der Waals surface area contributed by atoms with Crippen LogP contribution in [0.25, 0.3) is 10.9 Å². The molecule has 198 valence electrons. The second-order valence-electron chi connectivity index (χ2n) is 10.7. The number of fused-ring (bicyclic) bond motifs is 1. The number of thioether (sulfide) groups is 1. The molecule has 2 fully saturated rings. The maximum atomic E-state index is 13.5. The van der Waals surface area contributed by atoms with E-state index in [-0.39, 0.29) is 24.1 Å². The first-order chi connectivity index (χ1) is 17.8. The Labute approximate surface area is 222 Å². The number of aryl methyl sites for hydroxylation is 1. The molecule has 0 spiro atoms. The number of alkyl halides is 1. The molecule has 8 heteroatoms. The number of nitrogens with one attached hydrogen (secondary N) is 2. The Morgan fingerprint density at radius 3 is 2.59 bits per heavy atom. The van der Waals surface area contributed by atoms with Crippen LogP contribution < -0.4 is 10.9 Å². The summed E-state index contributed by atoms with van der Waals surface area (Å²) in [6, 6.07) is 10.7. The number of carbonyl (C=O) groups excluding carboxylic acids is 1. The molecule has 2 aromatic heterocycles. The van der Waals surface area contributed by atoms with Crippen molar-refractivity contribution in [3.63, 3.8) is 0 Å². The minimum absolute atomic E-state index is 0.160.